The van der Waals surface area contributed by atoms with E-state index in [2.05, 4.69) is 0 Å². The molecule has 0 bridgehead atoms. The second-order valence-corrected chi connectivity index (χ2v) is 8.22. The van der Waals surface area contributed by atoms with Crippen molar-refractivity contribution in [2.75, 3.05) is 13.1 Å². The lowest BCUT2D eigenvalue weighted by Gasteiger charge is -2.34. The van der Waals surface area contributed by atoms with Gasteiger partial charge in [-0.05, 0) is 27.2 Å². The summed E-state index contributed by atoms with van der Waals surface area (Å²) in [4.78, 5) is 12.8. The highest BCUT2D eigenvalue weighted by atomic mass is 35.7. The lowest BCUT2D eigenvalue weighted by atomic mass is 10.1. The maximum atomic E-state index is 13.4. The number of amides is 1. The van der Waals surface area contributed by atoms with E-state index in [9.17, 15) is 17.6 Å². The maximum absolute atomic E-state index is 13.4. The number of likely N-dealkylation sites (tertiary alicyclic amines) is 1. The molecule has 0 saturated carbocycles. The van der Waals surface area contributed by atoms with Crippen LogP contribution in [0.5, 0.6) is 0 Å². The van der Waals surface area contributed by atoms with Gasteiger partial charge in [0.1, 0.15) is 11.8 Å². The topological polar surface area (TPSA) is 63.7 Å². The fourth-order valence-electron chi connectivity index (χ4n) is 1.67. The second-order valence-electron chi connectivity index (χ2n) is 5.32. The van der Waals surface area contributed by atoms with Gasteiger partial charge in [-0.15, -0.1) is 0 Å². The van der Waals surface area contributed by atoms with E-state index in [1.54, 1.807) is 20.8 Å². The van der Waals surface area contributed by atoms with Gasteiger partial charge in [-0.1, -0.05) is 0 Å². The van der Waals surface area contributed by atoms with E-state index < -0.39 is 32.2 Å². The summed E-state index contributed by atoms with van der Waals surface area (Å²) in [5.74, 6) is 0. The van der Waals surface area contributed by atoms with Crippen LogP contribution in [0.25, 0.3) is 0 Å². The summed E-state index contributed by atoms with van der Waals surface area (Å²) in [7, 11) is 1.32. The zero-order valence-electron chi connectivity index (χ0n) is 10.5. The SMILES string of the molecule is CC(C)(C)OC(=O)N1CC(F)CC(S(=O)(=O)Cl)C1. The number of hydrogen-bond donors (Lipinski definition) is 0. The number of hydrogen-bond acceptors (Lipinski definition) is 4. The Morgan fingerprint density at radius 3 is 2.39 bits per heavy atom. The molecular formula is C10H17ClFNO4S. The predicted molar refractivity (Wildman–Crippen MR) is 65.9 cm³/mol. The molecule has 0 aromatic carbocycles. The Labute approximate surface area is 111 Å². The number of ether oxygens (including phenoxy) is 1. The summed E-state index contributed by atoms with van der Waals surface area (Å²) < 4.78 is 40.9. The van der Waals surface area contributed by atoms with Crippen LogP contribution in [-0.2, 0) is 13.8 Å². The zero-order valence-corrected chi connectivity index (χ0v) is 12.1. The van der Waals surface area contributed by atoms with Crippen molar-refractivity contribution < 1.29 is 22.3 Å². The van der Waals surface area contributed by atoms with Crippen LogP contribution in [0.2, 0.25) is 0 Å². The third-order valence-electron chi connectivity index (χ3n) is 2.41. The molecule has 1 saturated heterocycles. The predicted octanol–water partition coefficient (Wildman–Crippen LogP) is 1.90. The summed E-state index contributed by atoms with van der Waals surface area (Å²) in [6.07, 6.45) is -2.33. The van der Waals surface area contributed by atoms with E-state index in [0.717, 1.165) is 4.90 Å². The number of carbonyl (C=O) groups excluding carboxylic acids is 1. The van der Waals surface area contributed by atoms with Crippen LogP contribution >= 0.6 is 10.7 Å². The standard InChI is InChI=1S/C10H17ClFNO4S/c1-10(2,3)17-9(14)13-5-7(12)4-8(6-13)18(11,15)16/h7-8H,4-6H2,1-3H3. The van der Waals surface area contributed by atoms with E-state index in [0.29, 0.717) is 0 Å². The second kappa shape index (κ2) is 5.21. The molecule has 1 amide bonds. The Kier molecular flexibility index (Phi) is 4.48. The van der Waals surface area contributed by atoms with Crippen molar-refractivity contribution in [1.82, 2.24) is 4.90 Å². The van der Waals surface area contributed by atoms with E-state index >= 15 is 0 Å². The Morgan fingerprint density at radius 2 is 1.94 bits per heavy atom. The maximum Gasteiger partial charge on any atom is 0.410 e. The summed E-state index contributed by atoms with van der Waals surface area (Å²) in [6, 6.07) is 0. The van der Waals surface area contributed by atoms with Crippen LogP contribution in [0.15, 0.2) is 0 Å². The van der Waals surface area contributed by atoms with Crippen molar-refractivity contribution in [1.29, 1.82) is 0 Å². The van der Waals surface area contributed by atoms with Gasteiger partial charge in [-0.25, -0.2) is 17.6 Å². The van der Waals surface area contributed by atoms with E-state index in [1.807, 2.05) is 0 Å². The van der Waals surface area contributed by atoms with Crippen LogP contribution in [0.3, 0.4) is 0 Å². The van der Waals surface area contributed by atoms with Crippen molar-refractivity contribution in [3.05, 3.63) is 0 Å². The lowest BCUT2D eigenvalue weighted by molar-refractivity contribution is 0.0144. The minimum absolute atomic E-state index is 0.138. The van der Waals surface area contributed by atoms with Gasteiger partial charge in [0.2, 0.25) is 9.05 Å². The average Bonchev–Trinajstić information content (AvgIpc) is 2.12. The van der Waals surface area contributed by atoms with Crippen molar-refractivity contribution >= 4 is 25.8 Å². The van der Waals surface area contributed by atoms with Gasteiger partial charge in [-0.2, -0.15) is 0 Å². The van der Waals surface area contributed by atoms with Gasteiger partial charge in [0, 0.05) is 17.2 Å². The molecule has 1 rings (SSSR count). The zero-order chi connectivity index (χ0) is 14.1. The molecule has 18 heavy (non-hydrogen) atoms. The van der Waals surface area contributed by atoms with Crippen LogP contribution in [0.1, 0.15) is 27.2 Å². The molecule has 2 unspecified atom stereocenters. The molecule has 0 spiro atoms. The molecule has 1 heterocycles. The molecule has 1 aliphatic rings. The van der Waals surface area contributed by atoms with E-state index in [4.69, 9.17) is 15.4 Å². The third kappa shape index (κ3) is 4.61. The monoisotopic (exact) mass is 301 g/mol. The minimum atomic E-state index is -3.89. The molecule has 106 valence electrons. The van der Waals surface area contributed by atoms with Gasteiger partial charge in [0.05, 0.1) is 11.8 Å². The molecule has 0 N–H and O–H groups in total. The first kappa shape index (κ1) is 15.5. The average molecular weight is 302 g/mol. The van der Waals surface area contributed by atoms with Gasteiger partial charge >= 0.3 is 6.09 Å². The van der Waals surface area contributed by atoms with Gasteiger partial charge in [0.25, 0.3) is 0 Å². The molecular weight excluding hydrogens is 285 g/mol. The van der Waals surface area contributed by atoms with Crippen LogP contribution in [0, 0.1) is 0 Å². The number of halogens is 2. The van der Waals surface area contributed by atoms with Crippen molar-refractivity contribution in [2.24, 2.45) is 0 Å². The van der Waals surface area contributed by atoms with Crippen molar-refractivity contribution in [2.45, 2.75) is 44.2 Å². The van der Waals surface area contributed by atoms with Crippen molar-refractivity contribution in [3.8, 4) is 0 Å². The fraction of sp³-hybridized carbons (Fsp3) is 0.900. The van der Waals surface area contributed by atoms with E-state index in [1.165, 1.54) is 0 Å². The van der Waals surface area contributed by atoms with E-state index in [-0.39, 0.29) is 19.5 Å². The molecule has 5 nitrogen and oxygen atoms in total. The molecule has 2 atom stereocenters. The number of piperidine rings is 1. The van der Waals surface area contributed by atoms with Crippen LogP contribution in [0.4, 0.5) is 9.18 Å². The molecule has 1 aliphatic heterocycles. The largest absolute Gasteiger partial charge is 0.444 e. The van der Waals surface area contributed by atoms with Gasteiger partial charge in [-0.3, -0.25) is 0 Å². The van der Waals surface area contributed by atoms with Gasteiger partial charge in [0.15, 0.2) is 0 Å². The minimum Gasteiger partial charge on any atom is -0.444 e. The first-order chi connectivity index (χ1) is 7.99. The third-order valence-corrected chi connectivity index (χ3v) is 4.30. The Bertz CT molecular complexity index is 420. The highest BCUT2D eigenvalue weighted by Gasteiger charge is 2.37. The molecule has 1 fully saturated rings. The molecule has 0 radical (unpaired) electrons. The Hall–Kier alpha value is -0.560. The van der Waals surface area contributed by atoms with Crippen molar-refractivity contribution in [3.63, 3.8) is 0 Å². The number of carbonyl (C=O) groups is 1. The number of nitrogens with zero attached hydrogens (tertiary/aromatic N) is 1. The van der Waals surface area contributed by atoms with Crippen LogP contribution in [-0.4, -0.2) is 49.5 Å². The van der Waals surface area contributed by atoms with Crippen LogP contribution < -0.4 is 0 Å². The summed E-state index contributed by atoms with van der Waals surface area (Å²) in [5, 5.41) is -1.09. The molecule has 8 heteroatoms. The molecule has 0 aliphatic carbocycles. The highest BCUT2D eigenvalue weighted by Crippen LogP contribution is 2.23. The number of rotatable bonds is 1. The lowest BCUT2D eigenvalue weighted by Crippen LogP contribution is -2.50. The first-order valence-corrected chi connectivity index (χ1v) is 7.92. The molecule has 0 aromatic heterocycles. The fourth-order valence-corrected chi connectivity index (χ4v) is 2.86. The molecule has 0 aromatic rings. The Morgan fingerprint density at radius 1 is 1.39 bits per heavy atom. The smallest absolute Gasteiger partial charge is 0.410 e. The summed E-state index contributed by atoms with van der Waals surface area (Å²) in [5.41, 5.74) is -0.713. The summed E-state index contributed by atoms with van der Waals surface area (Å²) >= 11 is 0. The summed E-state index contributed by atoms with van der Waals surface area (Å²) in [6.45, 7) is 4.73. The Balaban J connectivity index is 2.75. The number of alkyl halides is 1. The van der Waals surface area contributed by atoms with Gasteiger partial charge < -0.3 is 9.64 Å². The quantitative estimate of drug-likeness (QED) is 0.694. The normalized spacial score (nSPS) is 25.9. The first-order valence-electron chi connectivity index (χ1n) is 5.54. The highest BCUT2D eigenvalue weighted by molar-refractivity contribution is 8.14.